The molecule has 1 aliphatic carbocycles. The Morgan fingerprint density at radius 1 is 0.893 bits per heavy atom. The van der Waals surface area contributed by atoms with E-state index in [-0.39, 0.29) is 0 Å². The summed E-state index contributed by atoms with van der Waals surface area (Å²) < 4.78 is 11.0. The van der Waals surface area contributed by atoms with E-state index in [1.54, 1.807) is 7.11 Å². The van der Waals surface area contributed by atoms with Gasteiger partial charge in [-0.15, -0.1) is 0 Å². The predicted molar refractivity (Wildman–Crippen MR) is 110 cm³/mol. The number of phenols is 1. The van der Waals surface area contributed by atoms with Gasteiger partial charge in [0.1, 0.15) is 23.9 Å². The van der Waals surface area contributed by atoms with Gasteiger partial charge in [0.15, 0.2) is 0 Å². The van der Waals surface area contributed by atoms with E-state index < -0.39 is 0 Å². The molecule has 0 bridgehead atoms. The maximum Gasteiger partial charge on any atom is 0.120 e. The van der Waals surface area contributed by atoms with Crippen molar-refractivity contribution in [1.29, 1.82) is 0 Å². The van der Waals surface area contributed by atoms with Gasteiger partial charge in [-0.3, -0.25) is 9.80 Å². The van der Waals surface area contributed by atoms with Crippen molar-refractivity contribution in [2.75, 3.05) is 46.4 Å². The van der Waals surface area contributed by atoms with Crippen molar-refractivity contribution in [1.82, 2.24) is 9.80 Å². The van der Waals surface area contributed by atoms with Crippen LogP contribution in [-0.2, 0) is 19.4 Å². The second-order valence-electron chi connectivity index (χ2n) is 7.74. The molecule has 2 aliphatic rings. The number of piperazine rings is 1. The maximum absolute atomic E-state index is 10.4. The largest absolute Gasteiger partial charge is 0.508 e. The fourth-order valence-electron chi connectivity index (χ4n) is 4.17. The summed E-state index contributed by atoms with van der Waals surface area (Å²) in [7, 11) is 1.67. The van der Waals surface area contributed by atoms with Gasteiger partial charge in [0, 0.05) is 44.8 Å². The molecule has 0 radical (unpaired) electrons. The SMILES string of the molecule is COc1ccc(OCCN2CCN(Cc3cc4c(cc3O)CCC4)CC2)cc1. The standard InChI is InChI=1S/C23H30N2O3/c1-27-21-5-7-22(8-6-21)28-14-13-24-9-11-25(12-10-24)17-20-15-18-3-2-4-19(18)16-23(20)26/h5-8,15-16,26H,2-4,9-14,17H2,1H3. The molecule has 1 aliphatic heterocycles. The molecule has 5 heteroatoms. The molecular formula is C23H30N2O3. The minimum absolute atomic E-state index is 0.468. The first-order chi connectivity index (χ1) is 13.7. The number of benzene rings is 2. The summed E-state index contributed by atoms with van der Waals surface area (Å²) in [5.41, 5.74) is 3.85. The Morgan fingerprint density at radius 2 is 1.54 bits per heavy atom. The molecule has 0 unspecified atom stereocenters. The molecule has 0 saturated carbocycles. The fraction of sp³-hybridized carbons (Fsp3) is 0.478. The molecule has 2 aromatic rings. The summed E-state index contributed by atoms with van der Waals surface area (Å²) >= 11 is 0. The van der Waals surface area contributed by atoms with Gasteiger partial charge in [0.05, 0.1) is 7.11 Å². The van der Waals surface area contributed by atoms with Gasteiger partial charge in [-0.25, -0.2) is 0 Å². The van der Waals surface area contributed by atoms with Gasteiger partial charge < -0.3 is 14.6 Å². The molecule has 28 heavy (non-hydrogen) atoms. The van der Waals surface area contributed by atoms with Crippen molar-refractivity contribution in [3.63, 3.8) is 0 Å². The van der Waals surface area contributed by atoms with Crippen LogP contribution in [0.3, 0.4) is 0 Å². The Hall–Kier alpha value is -2.24. The monoisotopic (exact) mass is 382 g/mol. The van der Waals surface area contributed by atoms with E-state index >= 15 is 0 Å². The molecule has 2 aromatic carbocycles. The Morgan fingerprint density at radius 3 is 2.25 bits per heavy atom. The van der Waals surface area contributed by atoms with Gasteiger partial charge in [0.25, 0.3) is 0 Å². The topological polar surface area (TPSA) is 45.2 Å². The normalized spacial score (nSPS) is 17.5. The summed E-state index contributed by atoms with van der Waals surface area (Å²) in [4.78, 5) is 4.89. The number of ether oxygens (including phenoxy) is 2. The minimum Gasteiger partial charge on any atom is -0.508 e. The molecular weight excluding hydrogens is 352 g/mol. The van der Waals surface area contributed by atoms with Gasteiger partial charge in [0.2, 0.25) is 0 Å². The van der Waals surface area contributed by atoms with Crippen LogP contribution in [0.15, 0.2) is 36.4 Å². The van der Waals surface area contributed by atoms with Crippen LogP contribution in [0.1, 0.15) is 23.1 Å². The van der Waals surface area contributed by atoms with Crippen molar-refractivity contribution < 1.29 is 14.6 Å². The molecule has 0 spiro atoms. The number of nitrogens with zero attached hydrogens (tertiary/aromatic N) is 2. The zero-order valence-corrected chi connectivity index (χ0v) is 16.7. The number of aryl methyl sites for hydroxylation is 2. The van der Waals surface area contributed by atoms with Crippen LogP contribution in [0, 0.1) is 0 Å². The lowest BCUT2D eigenvalue weighted by Gasteiger charge is -2.34. The van der Waals surface area contributed by atoms with Crippen molar-refractivity contribution in [2.45, 2.75) is 25.8 Å². The van der Waals surface area contributed by atoms with Crippen LogP contribution in [0.5, 0.6) is 17.2 Å². The van der Waals surface area contributed by atoms with Crippen molar-refractivity contribution in [3.8, 4) is 17.2 Å². The smallest absolute Gasteiger partial charge is 0.120 e. The zero-order valence-electron chi connectivity index (χ0n) is 16.7. The van der Waals surface area contributed by atoms with E-state index in [9.17, 15) is 5.11 Å². The first kappa shape index (κ1) is 19.1. The molecule has 0 aromatic heterocycles. The third-order valence-corrected chi connectivity index (χ3v) is 5.89. The third-order valence-electron chi connectivity index (χ3n) is 5.89. The number of methoxy groups -OCH3 is 1. The van der Waals surface area contributed by atoms with Gasteiger partial charge in [-0.05, 0) is 60.7 Å². The molecule has 1 N–H and O–H groups in total. The van der Waals surface area contributed by atoms with Gasteiger partial charge in [-0.1, -0.05) is 6.07 Å². The highest BCUT2D eigenvalue weighted by Gasteiger charge is 2.20. The molecule has 4 rings (SSSR count). The molecule has 0 atom stereocenters. The lowest BCUT2D eigenvalue weighted by molar-refractivity contribution is 0.112. The Labute approximate surface area is 167 Å². The summed E-state index contributed by atoms with van der Waals surface area (Å²) in [5.74, 6) is 2.19. The van der Waals surface area contributed by atoms with Crippen LogP contribution < -0.4 is 9.47 Å². The average Bonchev–Trinajstić information content (AvgIpc) is 3.17. The number of hydrogen-bond acceptors (Lipinski definition) is 5. The van der Waals surface area contributed by atoms with E-state index in [1.165, 1.54) is 17.5 Å². The number of phenolic OH excluding ortho intramolecular Hbond substituents is 1. The highest BCUT2D eigenvalue weighted by molar-refractivity contribution is 5.44. The first-order valence-corrected chi connectivity index (χ1v) is 10.3. The van der Waals surface area contributed by atoms with Crippen LogP contribution >= 0.6 is 0 Å². The average molecular weight is 383 g/mol. The molecule has 150 valence electrons. The molecule has 5 nitrogen and oxygen atoms in total. The van der Waals surface area contributed by atoms with Gasteiger partial charge in [-0.2, -0.15) is 0 Å². The molecule has 1 fully saturated rings. The van der Waals surface area contributed by atoms with Crippen molar-refractivity contribution >= 4 is 0 Å². The summed E-state index contributed by atoms with van der Waals surface area (Å²) in [6.45, 7) is 6.60. The van der Waals surface area contributed by atoms with Crippen LogP contribution in [0.4, 0.5) is 0 Å². The number of aromatic hydroxyl groups is 1. The lowest BCUT2D eigenvalue weighted by atomic mass is 10.0. The zero-order chi connectivity index (χ0) is 19.3. The first-order valence-electron chi connectivity index (χ1n) is 10.3. The summed E-state index contributed by atoms with van der Waals surface area (Å²) in [6, 6.07) is 11.9. The van der Waals surface area contributed by atoms with Crippen LogP contribution in [-0.4, -0.2) is 61.3 Å². The highest BCUT2D eigenvalue weighted by Crippen LogP contribution is 2.30. The molecule has 1 saturated heterocycles. The second-order valence-corrected chi connectivity index (χ2v) is 7.74. The highest BCUT2D eigenvalue weighted by atomic mass is 16.5. The Balaban J connectivity index is 1.20. The van der Waals surface area contributed by atoms with E-state index in [2.05, 4.69) is 15.9 Å². The third kappa shape index (κ3) is 4.59. The van der Waals surface area contributed by atoms with Crippen molar-refractivity contribution in [2.24, 2.45) is 0 Å². The summed E-state index contributed by atoms with van der Waals surface area (Å²) in [6.07, 6.45) is 3.49. The number of rotatable bonds is 7. The van der Waals surface area contributed by atoms with E-state index in [0.717, 1.165) is 69.2 Å². The quantitative estimate of drug-likeness (QED) is 0.797. The molecule has 0 amide bonds. The summed E-state index contributed by atoms with van der Waals surface area (Å²) in [5, 5.41) is 10.4. The maximum atomic E-state index is 10.4. The van der Waals surface area contributed by atoms with E-state index in [4.69, 9.17) is 9.47 Å². The number of fused-ring (bicyclic) bond motifs is 1. The Kier molecular flexibility index (Phi) is 6.03. The van der Waals surface area contributed by atoms with Crippen molar-refractivity contribution in [3.05, 3.63) is 53.1 Å². The minimum atomic E-state index is 0.468. The lowest BCUT2D eigenvalue weighted by Crippen LogP contribution is -2.47. The fourth-order valence-corrected chi connectivity index (χ4v) is 4.17. The van der Waals surface area contributed by atoms with Gasteiger partial charge >= 0.3 is 0 Å². The van der Waals surface area contributed by atoms with Crippen LogP contribution in [0.25, 0.3) is 0 Å². The van der Waals surface area contributed by atoms with E-state index in [0.29, 0.717) is 12.4 Å². The molecule has 1 heterocycles. The second kappa shape index (κ2) is 8.84. The Bertz CT molecular complexity index is 783. The van der Waals surface area contributed by atoms with Crippen LogP contribution in [0.2, 0.25) is 0 Å². The predicted octanol–water partition coefficient (Wildman–Crippen LogP) is 3.09. The van der Waals surface area contributed by atoms with E-state index in [1.807, 2.05) is 30.3 Å². The number of hydrogen-bond donors (Lipinski definition) is 1.